The Bertz CT molecular complexity index is 2180. The van der Waals surface area contributed by atoms with E-state index in [0.29, 0.717) is 28.1 Å². The van der Waals surface area contributed by atoms with Crippen molar-refractivity contribution in [2.45, 2.75) is 73.9 Å². The Morgan fingerprint density at radius 2 is 1.65 bits per heavy atom. The van der Waals surface area contributed by atoms with Gasteiger partial charge in [0.05, 0.1) is 5.58 Å². The van der Waals surface area contributed by atoms with Gasteiger partial charge in [0.25, 0.3) is 0 Å². The average molecular weight is 759 g/mol. The molecule has 6 rings (SSSR count). The summed E-state index contributed by atoms with van der Waals surface area (Å²) in [7, 11) is 0. The van der Waals surface area contributed by atoms with Gasteiger partial charge in [0.15, 0.2) is 5.71 Å². The summed E-state index contributed by atoms with van der Waals surface area (Å²) in [5.74, 6) is 0. The number of rotatable bonds is 3. The topological polar surface area (TPSA) is 43.3 Å². The second-order valence-corrected chi connectivity index (χ2v) is 12.2. The summed E-state index contributed by atoms with van der Waals surface area (Å²) < 4.78 is 93.3. The number of fused-ring (bicyclic) bond motifs is 3. The first-order chi connectivity index (χ1) is 24.2. The van der Waals surface area contributed by atoms with Gasteiger partial charge in [-0.25, -0.2) is 0 Å². The molecule has 4 heterocycles. The Morgan fingerprint density at radius 1 is 0.884 bits per heavy atom. The molecule has 0 atom stereocenters. The summed E-state index contributed by atoms with van der Waals surface area (Å²) in [6.45, 7) is 4.81. The first-order valence-corrected chi connectivity index (χ1v) is 13.7. The van der Waals surface area contributed by atoms with Gasteiger partial charge in [0.2, 0.25) is 0 Å². The Balaban J connectivity index is 0.000000266. The molecule has 225 valence electrons. The molecule has 4 nitrogen and oxygen atoms in total. The van der Waals surface area contributed by atoms with Crippen LogP contribution in [0, 0.1) is 38.1 Å². The van der Waals surface area contributed by atoms with Crippen LogP contribution in [-0.4, -0.2) is 14.4 Å². The van der Waals surface area contributed by atoms with Gasteiger partial charge in [-0.2, -0.15) is 0 Å². The van der Waals surface area contributed by atoms with Gasteiger partial charge in [0, 0.05) is 64.9 Å². The van der Waals surface area contributed by atoms with Crippen molar-refractivity contribution in [3.05, 3.63) is 113 Å². The number of hydrogen-bond acceptors (Lipinski definition) is 3. The fourth-order valence-corrected chi connectivity index (χ4v) is 4.57. The molecule has 0 unspecified atom stereocenters. The maximum Gasteiger partial charge on any atom is 0.196 e. The van der Waals surface area contributed by atoms with Crippen molar-refractivity contribution < 1.29 is 39.6 Å². The average Bonchev–Trinajstić information content (AvgIpc) is 3.63. The second-order valence-electron chi connectivity index (χ2n) is 12.2. The number of oxazole rings is 1. The van der Waals surface area contributed by atoms with E-state index < -0.39 is 32.3 Å². The van der Waals surface area contributed by atoms with E-state index in [1.807, 2.05) is 22.7 Å². The van der Waals surface area contributed by atoms with E-state index in [4.69, 9.17) is 19.5 Å². The smallest absolute Gasteiger partial charge is 0.196 e. The maximum atomic E-state index is 8.77. The minimum absolute atomic E-state index is 0. The number of nitrogens with zero attached hydrogens (tertiary/aromatic N) is 3. The molecule has 0 fully saturated rings. The van der Waals surface area contributed by atoms with Crippen LogP contribution in [0.2, 0.25) is 0 Å². The van der Waals surface area contributed by atoms with E-state index in [-0.39, 0.29) is 47.8 Å². The zero-order valence-electron chi connectivity index (χ0n) is 36.0. The van der Waals surface area contributed by atoms with Gasteiger partial charge in [-0.1, -0.05) is 77.7 Å². The molecule has 43 heavy (non-hydrogen) atoms. The van der Waals surface area contributed by atoms with Crippen LogP contribution >= 0.6 is 0 Å². The summed E-state index contributed by atoms with van der Waals surface area (Å²) in [6.07, 6.45) is 2.64. The molecule has 0 bridgehead atoms. The van der Waals surface area contributed by atoms with Crippen molar-refractivity contribution in [1.29, 1.82) is 0 Å². The molecule has 6 aromatic rings. The van der Waals surface area contributed by atoms with Crippen LogP contribution in [0.1, 0.15) is 84.4 Å². The molecule has 4 aromatic heterocycles. The van der Waals surface area contributed by atoms with Gasteiger partial charge in [-0.05, 0) is 59.5 Å². The normalized spacial score (nSPS) is 16.7. The van der Waals surface area contributed by atoms with E-state index in [9.17, 15) is 0 Å². The van der Waals surface area contributed by atoms with E-state index in [2.05, 4.69) is 42.9 Å². The fourth-order valence-electron chi connectivity index (χ4n) is 4.57. The number of hydrogen-bond donors (Lipinski definition) is 0. The van der Waals surface area contributed by atoms with Crippen LogP contribution in [0.4, 0.5) is 0 Å². The molecule has 0 aliphatic carbocycles. The van der Waals surface area contributed by atoms with E-state index in [1.165, 1.54) is 30.6 Å². The van der Waals surface area contributed by atoms with Crippen molar-refractivity contribution in [3.8, 4) is 22.5 Å². The van der Waals surface area contributed by atoms with Crippen LogP contribution in [-0.2, 0) is 31.9 Å². The summed E-state index contributed by atoms with van der Waals surface area (Å²) in [6, 6.07) is 20.9. The van der Waals surface area contributed by atoms with E-state index in [0.717, 1.165) is 16.8 Å². The van der Waals surface area contributed by atoms with Gasteiger partial charge in [-0.15, -0.1) is 53.6 Å². The third-order valence-corrected chi connectivity index (χ3v) is 6.56. The molecule has 0 saturated carbocycles. The van der Waals surface area contributed by atoms with E-state index in [1.54, 1.807) is 45.0 Å². The molecule has 0 aliphatic heterocycles. The van der Waals surface area contributed by atoms with Crippen molar-refractivity contribution >= 4 is 16.8 Å². The maximum absolute atomic E-state index is 8.77. The summed E-state index contributed by atoms with van der Waals surface area (Å²) >= 11 is 0. The molecule has 0 saturated heterocycles. The van der Waals surface area contributed by atoms with Crippen LogP contribution in [0.15, 0.2) is 77.6 Å². The minimum atomic E-state index is -2.49. The monoisotopic (exact) mass is 759 g/mol. The molecule has 2 aromatic carbocycles. The molecule has 0 aliphatic rings. The molecule has 0 amide bonds. The zero-order chi connectivity index (χ0) is 39.5. The van der Waals surface area contributed by atoms with Crippen molar-refractivity contribution in [2.24, 2.45) is 5.41 Å². The Kier molecular flexibility index (Phi) is 5.99. The van der Waals surface area contributed by atoms with E-state index >= 15 is 0 Å². The number of aryl methyl sites for hydroxylation is 3. The standard InChI is InChI=1S/C25H29N2O.C13H12N.Ir/c1-16-15-26-20(13-17(16)14-24(2,3)4)18-9-8-10-21-22(18)28-23-19(25(5,6)7)11-12-27(21)23;1-10-3-6-12(7-4-10)13-8-5-11(2)9-14-13;/h8,10-13,15H,14H2,1-7H3;3-6,8-9H,1-2H3;/q2*-1;/i1D3,14D2;1D3,2D3;. The van der Waals surface area contributed by atoms with Crippen LogP contribution in [0.25, 0.3) is 39.3 Å². The predicted molar refractivity (Wildman–Crippen MR) is 174 cm³/mol. The van der Waals surface area contributed by atoms with Gasteiger partial charge >= 0.3 is 0 Å². The summed E-state index contributed by atoms with van der Waals surface area (Å²) in [4.78, 5) is 8.50. The second kappa shape index (κ2) is 12.6. The SMILES string of the molecule is [2H]C([2H])([2H])c1c[c-]c(-c2ccc(C([2H])([2H])[2H])cn2)cc1.[2H]C([2H])([2H])c1cnc(-c2[c-]ccc3c2oc2c(C(C)(C)C)ccn23)cc1C([2H])([2H])C(C)(C)C.[Ir]. The fraction of sp³-hybridized carbons (Fsp3) is 0.316. The van der Waals surface area contributed by atoms with Gasteiger partial charge in [0.1, 0.15) is 0 Å². The molecule has 1 radical (unpaired) electrons. The molecule has 0 N–H and O–H groups in total. The predicted octanol–water partition coefficient (Wildman–Crippen LogP) is 9.91. The summed E-state index contributed by atoms with van der Waals surface area (Å²) in [5, 5.41) is 0. The molecular weight excluding hydrogens is 707 g/mol. The zero-order valence-corrected chi connectivity index (χ0v) is 27.4. The van der Waals surface area contributed by atoms with Crippen LogP contribution in [0.5, 0.6) is 0 Å². The summed E-state index contributed by atoms with van der Waals surface area (Å²) in [5.41, 5.74) is 4.86. The van der Waals surface area contributed by atoms with Gasteiger partial charge < -0.3 is 18.8 Å². The number of benzene rings is 2. The largest absolute Gasteiger partial charge is 0.486 e. The Labute approximate surface area is 285 Å². The quantitative estimate of drug-likeness (QED) is 0.169. The molecule has 0 spiro atoms. The Hall–Kier alpha value is -3.53. The first-order valence-electron chi connectivity index (χ1n) is 19.2. The van der Waals surface area contributed by atoms with Crippen molar-refractivity contribution in [1.82, 2.24) is 14.4 Å². The Morgan fingerprint density at radius 3 is 2.28 bits per heavy atom. The van der Waals surface area contributed by atoms with Crippen molar-refractivity contribution in [3.63, 3.8) is 0 Å². The first kappa shape index (κ1) is 20.4. The van der Waals surface area contributed by atoms with Crippen LogP contribution < -0.4 is 0 Å². The molecular formula is C38H41IrN3O-2. The van der Waals surface area contributed by atoms with Crippen LogP contribution in [0.3, 0.4) is 0 Å². The number of pyridine rings is 2. The van der Waals surface area contributed by atoms with Crippen molar-refractivity contribution in [2.75, 3.05) is 0 Å². The minimum Gasteiger partial charge on any atom is -0.486 e. The number of aromatic nitrogens is 3. The molecule has 5 heteroatoms. The third kappa shape index (κ3) is 7.34. The third-order valence-electron chi connectivity index (χ3n) is 6.56. The van der Waals surface area contributed by atoms with Gasteiger partial charge in [-0.3, -0.25) is 0 Å².